The number of nitrogens with zero attached hydrogens (tertiary/aromatic N) is 4. The Morgan fingerprint density at radius 1 is 1.37 bits per heavy atom. The summed E-state index contributed by atoms with van der Waals surface area (Å²) in [5.74, 6) is -0.188. The van der Waals surface area contributed by atoms with Crippen LogP contribution in [0, 0.1) is 17.0 Å². The van der Waals surface area contributed by atoms with E-state index in [1.807, 2.05) is 0 Å². The molecule has 0 aliphatic rings. The number of nitro benzene ring substituents is 1. The number of halogens is 1. The highest BCUT2D eigenvalue weighted by atomic mass is 35.5. The average Bonchev–Trinajstić information content (AvgIpc) is 3.15. The molecule has 1 heterocycles. The zero-order valence-corrected chi connectivity index (χ0v) is 14.9. The summed E-state index contributed by atoms with van der Waals surface area (Å²) in [6.45, 7) is 1.23. The third kappa shape index (κ3) is 4.21. The van der Waals surface area contributed by atoms with E-state index in [0.29, 0.717) is 22.0 Å². The van der Waals surface area contributed by atoms with Crippen LogP contribution in [0.3, 0.4) is 0 Å². The van der Waals surface area contributed by atoms with Crippen molar-refractivity contribution in [2.45, 2.75) is 6.92 Å². The van der Waals surface area contributed by atoms with E-state index in [-0.39, 0.29) is 18.0 Å². The molecule has 138 valence electrons. The first kappa shape index (κ1) is 18.3. The van der Waals surface area contributed by atoms with E-state index in [2.05, 4.69) is 15.4 Å². The van der Waals surface area contributed by atoms with Crippen LogP contribution in [-0.4, -0.2) is 32.2 Å². The standard InChI is InChI=1S/C17H14ClN5O4/c1-11-14(23(25)26)3-2-4-16(11)27-8-17(24)21-13-7-12(18)5-6-15(13)22-10-19-9-20-22/h2-7,9-10H,8H2,1H3,(H,21,24). The molecule has 10 heteroatoms. The maximum absolute atomic E-state index is 12.3. The SMILES string of the molecule is Cc1c(OCC(=O)Nc2cc(Cl)ccc2-n2cncn2)cccc1[N+](=O)[O-]. The number of anilines is 1. The second-order valence-corrected chi connectivity index (χ2v) is 5.93. The third-order valence-electron chi connectivity index (χ3n) is 3.71. The summed E-state index contributed by atoms with van der Waals surface area (Å²) in [4.78, 5) is 26.6. The van der Waals surface area contributed by atoms with E-state index in [0.717, 1.165) is 0 Å². The van der Waals surface area contributed by atoms with Crippen LogP contribution in [0.1, 0.15) is 5.56 Å². The fourth-order valence-corrected chi connectivity index (χ4v) is 2.60. The van der Waals surface area contributed by atoms with Crippen LogP contribution in [0.15, 0.2) is 49.1 Å². The molecule has 27 heavy (non-hydrogen) atoms. The van der Waals surface area contributed by atoms with Crippen LogP contribution in [0.2, 0.25) is 5.02 Å². The van der Waals surface area contributed by atoms with Gasteiger partial charge in [0, 0.05) is 11.1 Å². The van der Waals surface area contributed by atoms with Gasteiger partial charge in [-0.05, 0) is 31.2 Å². The molecule has 0 spiro atoms. The van der Waals surface area contributed by atoms with Crippen LogP contribution >= 0.6 is 11.6 Å². The van der Waals surface area contributed by atoms with E-state index >= 15 is 0 Å². The molecule has 0 atom stereocenters. The molecular formula is C17H14ClN5O4. The highest BCUT2D eigenvalue weighted by Crippen LogP contribution is 2.27. The Morgan fingerprint density at radius 3 is 2.89 bits per heavy atom. The number of hydrogen-bond acceptors (Lipinski definition) is 6. The van der Waals surface area contributed by atoms with Gasteiger partial charge in [0.15, 0.2) is 6.61 Å². The Kier molecular flexibility index (Phi) is 5.32. The largest absolute Gasteiger partial charge is 0.483 e. The molecule has 3 aromatic rings. The summed E-state index contributed by atoms with van der Waals surface area (Å²) >= 11 is 6.01. The van der Waals surface area contributed by atoms with E-state index in [4.69, 9.17) is 16.3 Å². The number of nitro groups is 1. The fourth-order valence-electron chi connectivity index (χ4n) is 2.43. The third-order valence-corrected chi connectivity index (χ3v) is 3.94. The maximum atomic E-state index is 12.3. The van der Waals surface area contributed by atoms with Crippen LogP contribution in [-0.2, 0) is 4.79 Å². The molecule has 0 unspecified atom stereocenters. The first-order valence-corrected chi connectivity index (χ1v) is 8.14. The predicted octanol–water partition coefficient (Wildman–Crippen LogP) is 3.15. The normalized spacial score (nSPS) is 10.4. The lowest BCUT2D eigenvalue weighted by atomic mass is 10.2. The van der Waals surface area contributed by atoms with Crippen molar-refractivity contribution in [2.75, 3.05) is 11.9 Å². The first-order valence-electron chi connectivity index (χ1n) is 7.77. The quantitative estimate of drug-likeness (QED) is 0.513. The van der Waals surface area contributed by atoms with Crippen LogP contribution in [0.25, 0.3) is 5.69 Å². The van der Waals surface area contributed by atoms with Crippen molar-refractivity contribution >= 4 is 28.9 Å². The van der Waals surface area contributed by atoms with Gasteiger partial charge in [0.25, 0.3) is 11.6 Å². The van der Waals surface area contributed by atoms with Crippen molar-refractivity contribution in [2.24, 2.45) is 0 Å². The summed E-state index contributed by atoms with van der Waals surface area (Å²) in [6.07, 6.45) is 2.86. The van der Waals surface area contributed by atoms with Crippen LogP contribution in [0.5, 0.6) is 5.75 Å². The van der Waals surface area contributed by atoms with Crippen LogP contribution in [0.4, 0.5) is 11.4 Å². The highest BCUT2D eigenvalue weighted by molar-refractivity contribution is 6.31. The number of nitrogens with one attached hydrogen (secondary N) is 1. The molecule has 0 radical (unpaired) electrons. The van der Waals surface area contributed by atoms with Gasteiger partial charge in [-0.3, -0.25) is 14.9 Å². The Hall–Kier alpha value is -3.46. The average molecular weight is 388 g/mol. The van der Waals surface area contributed by atoms with Crippen LogP contribution < -0.4 is 10.1 Å². The molecule has 1 amide bonds. The maximum Gasteiger partial charge on any atom is 0.276 e. The summed E-state index contributed by atoms with van der Waals surface area (Å²) in [5.41, 5.74) is 1.28. The number of aromatic nitrogens is 3. The molecule has 0 saturated carbocycles. The highest BCUT2D eigenvalue weighted by Gasteiger charge is 2.16. The van der Waals surface area contributed by atoms with Crippen molar-refractivity contribution in [3.63, 3.8) is 0 Å². The summed E-state index contributed by atoms with van der Waals surface area (Å²) in [6, 6.07) is 9.37. The molecule has 1 aromatic heterocycles. The van der Waals surface area contributed by atoms with Crippen molar-refractivity contribution in [1.29, 1.82) is 0 Å². The topological polar surface area (TPSA) is 112 Å². The Balaban J connectivity index is 1.73. The lowest BCUT2D eigenvalue weighted by molar-refractivity contribution is -0.385. The molecule has 0 aliphatic carbocycles. The van der Waals surface area contributed by atoms with E-state index < -0.39 is 10.8 Å². The predicted molar refractivity (Wildman–Crippen MR) is 98.3 cm³/mol. The number of rotatable bonds is 6. The van der Waals surface area contributed by atoms with Gasteiger partial charge in [-0.2, -0.15) is 5.10 Å². The lowest BCUT2D eigenvalue weighted by Gasteiger charge is -2.12. The second-order valence-electron chi connectivity index (χ2n) is 5.50. The number of carbonyl (C=O) groups excluding carboxylic acids is 1. The minimum absolute atomic E-state index is 0.0729. The van der Waals surface area contributed by atoms with Gasteiger partial charge in [0.1, 0.15) is 18.4 Å². The molecule has 3 rings (SSSR count). The van der Waals surface area contributed by atoms with Gasteiger partial charge < -0.3 is 10.1 Å². The molecule has 0 saturated heterocycles. The Bertz CT molecular complexity index is 991. The van der Waals surface area contributed by atoms with Gasteiger partial charge in [-0.25, -0.2) is 9.67 Å². The summed E-state index contributed by atoms with van der Waals surface area (Å²) in [7, 11) is 0. The molecule has 1 N–H and O–H groups in total. The van der Waals surface area contributed by atoms with Crippen molar-refractivity contribution in [3.8, 4) is 11.4 Å². The zero-order valence-electron chi connectivity index (χ0n) is 14.1. The number of benzene rings is 2. The molecular weight excluding hydrogens is 374 g/mol. The van der Waals surface area contributed by atoms with E-state index in [9.17, 15) is 14.9 Å². The van der Waals surface area contributed by atoms with E-state index in [1.165, 1.54) is 29.5 Å². The smallest absolute Gasteiger partial charge is 0.276 e. The zero-order chi connectivity index (χ0) is 19.4. The fraction of sp³-hybridized carbons (Fsp3) is 0.118. The number of ether oxygens (including phenoxy) is 1. The minimum atomic E-state index is -0.501. The minimum Gasteiger partial charge on any atom is -0.483 e. The second kappa shape index (κ2) is 7.83. The van der Waals surface area contributed by atoms with Gasteiger partial charge in [-0.1, -0.05) is 17.7 Å². The van der Waals surface area contributed by atoms with Gasteiger partial charge in [0.2, 0.25) is 0 Å². The number of carbonyl (C=O) groups is 1. The molecule has 2 aromatic carbocycles. The molecule has 0 fully saturated rings. The number of hydrogen-bond donors (Lipinski definition) is 1. The van der Waals surface area contributed by atoms with E-state index in [1.54, 1.807) is 31.2 Å². The van der Waals surface area contributed by atoms with Crippen molar-refractivity contribution in [1.82, 2.24) is 14.8 Å². The van der Waals surface area contributed by atoms with Gasteiger partial charge in [0.05, 0.1) is 21.9 Å². The molecule has 0 bridgehead atoms. The summed E-state index contributed by atoms with van der Waals surface area (Å²) < 4.78 is 6.92. The molecule has 9 nitrogen and oxygen atoms in total. The first-order chi connectivity index (χ1) is 13.0. The molecule has 0 aliphatic heterocycles. The number of amides is 1. The monoisotopic (exact) mass is 387 g/mol. The Labute approximate surface area is 158 Å². The van der Waals surface area contributed by atoms with Crippen molar-refractivity contribution < 1.29 is 14.5 Å². The van der Waals surface area contributed by atoms with Crippen molar-refractivity contribution in [3.05, 3.63) is 69.8 Å². The Morgan fingerprint density at radius 2 is 2.19 bits per heavy atom. The lowest BCUT2D eigenvalue weighted by Crippen LogP contribution is -2.21. The summed E-state index contributed by atoms with van der Waals surface area (Å²) in [5, 5.41) is 18.1. The van der Waals surface area contributed by atoms with Gasteiger partial charge >= 0.3 is 0 Å². The van der Waals surface area contributed by atoms with Gasteiger partial charge in [-0.15, -0.1) is 0 Å².